The van der Waals surface area contributed by atoms with Gasteiger partial charge in [-0.2, -0.15) is 0 Å². The van der Waals surface area contributed by atoms with Crippen LogP contribution in [0.5, 0.6) is 0 Å². The van der Waals surface area contributed by atoms with Crippen LogP contribution in [0.3, 0.4) is 0 Å². The Labute approximate surface area is 194 Å². The predicted molar refractivity (Wildman–Crippen MR) is 123 cm³/mol. The molecule has 7 rings (SSSR count). The van der Waals surface area contributed by atoms with Gasteiger partial charge in [-0.05, 0) is 28.3 Å². The van der Waals surface area contributed by atoms with Gasteiger partial charge in [-0.25, -0.2) is 4.90 Å². The lowest BCUT2D eigenvalue weighted by atomic mass is 9.42. The summed E-state index contributed by atoms with van der Waals surface area (Å²) in [5.74, 6) is -2.03. The van der Waals surface area contributed by atoms with Crippen LogP contribution >= 0.6 is 11.6 Å². The summed E-state index contributed by atoms with van der Waals surface area (Å²) in [6.45, 7) is 4.07. The molecular formula is C26H19ClN2O4. The van der Waals surface area contributed by atoms with E-state index < -0.39 is 27.6 Å². The first-order valence-corrected chi connectivity index (χ1v) is 11.1. The molecule has 0 aromatic heterocycles. The Kier molecular flexibility index (Phi) is 3.84. The largest absolute Gasteiger partial charge is 0.274 e. The molecule has 164 valence electrons. The van der Waals surface area contributed by atoms with Crippen molar-refractivity contribution in [2.45, 2.75) is 24.7 Å². The van der Waals surface area contributed by atoms with E-state index in [9.17, 15) is 19.7 Å². The van der Waals surface area contributed by atoms with E-state index in [0.717, 1.165) is 27.2 Å². The number of hydrogen-bond donors (Lipinski definition) is 0. The van der Waals surface area contributed by atoms with E-state index in [1.165, 1.54) is 18.2 Å². The SMILES string of the molecule is CC12c3ccccc3C(C)(c3ccccc31)[C@H]1C(=O)N(c3cc([N+](=O)[O-])ccc3Cl)C(=O)[C@@H]12. The molecule has 0 N–H and O–H groups in total. The van der Waals surface area contributed by atoms with Gasteiger partial charge in [0.25, 0.3) is 5.69 Å². The molecular weight excluding hydrogens is 440 g/mol. The van der Waals surface area contributed by atoms with Gasteiger partial charge < -0.3 is 0 Å². The minimum atomic E-state index is -0.718. The smallest absolute Gasteiger partial charge is 0.271 e. The van der Waals surface area contributed by atoms with Gasteiger partial charge in [0.1, 0.15) is 0 Å². The summed E-state index contributed by atoms with van der Waals surface area (Å²) in [7, 11) is 0. The van der Waals surface area contributed by atoms with Crippen LogP contribution in [0.15, 0.2) is 66.7 Å². The van der Waals surface area contributed by atoms with Gasteiger partial charge in [-0.1, -0.05) is 74.0 Å². The second-order valence-corrected chi connectivity index (χ2v) is 9.76. The van der Waals surface area contributed by atoms with Gasteiger partial charge in [-0.3, -0.25) is 19.7 Å². The maximum Gasteiger partial charge on any atom is 0.271 e. The lowest BCUT2D eigenvalue weighted by Gasteiger charge is -2.57. The van der Waals surface area contributed by atoms with E-state index in [1.807, 2.05) is 62.4 Å². The zero-order valence-electron chi connectivity index (χ0n) is 17.9. The molecule has 6 nitrogen and oxygen atoms in total. The van der Waals surface area contributed by atoms with Gasteiger partial charge >= 0.3 is 0 Å². The molecule has 3 aromatic carbocycles. The van der Waals surface area contributed by atoms with Crippen molar-refractivity contribution in [3.05, 3.63) is 104 Å². The number of non-ortho nitro benzene ring substituents is 1. The highest BCUT2D eigenvalue weighted by Gasteiger charge is 2.70. The zero-order valence-corrected chi connectivity index (χ0v) is 18.7. The predicted octanol–water partition coefficient (Wildman–Crippen LogP) is 4.99. The van der Waals surface area contributed by atoms with E-state index in [0.29, 0.717) is 0 Å². The average molecular weight is 459 g/mol. The van der Waals surface area contributed by atoms with E-state index in [4.69, 9.17) is 11.6 Å². The van der Waals surface area contributed by atoms with Crippen molar-refractivity contribution in [1.29, 1.82) is 0 Å². The summed E-state index contributed by atoms with van der Waals surface area (Å²) < 4.78 is 0. The Hall–Kier alpha value is -3.51. The first-order chi connectivity index (χ1) is 15.7. The van der Waals surface area contributed by atoms with Crippen molar-refractivity contribution in [2.75, 3.05) is 4.90 Å². The zero-order chi connectivity index (χ0) is 23.3. The molecule has 7 heteroatoms. The van der Waals surface area contributed by atoms with Gasteiger partial charge in [0.15, 0.2) is 0 Å². The minimum Gasteiger partial charge on any atom is -0.274 e. The molecule has 1 saturated heterocycles. The number of halogens is 1. The fourth-order valence-electron chi connectivity index (χ4n) is 6.59. The molecule has 0 radical (unpaired) electrons. The van der Waals surface area contributed by atoms with Crippen molar-refractivity contribution in [3.63, 3.8) is 0 Å². The standard InChI is InChI=1S/C26H19ClN2O4/c1-25-15-7-3-5-9-17(15)26(2,18-10-6-4-8-16(18)25)22-21(25)23(30)28(24(22)31)20-13-14(29(32)33)11-12-19(20)27/h3-13,21-22H,1-2H3/t21-,22-,25?,26?/m1/s1. The molecule has 2 amide bonds. The maximum atomic E-state index is 14.0. The number of benzene rings is 3. The van der Waals surface area contributed by atoms with Crippen molar-refractivity contribution in [2.24, 2.45) is 11.8 Å². The summed E-state index contributed by atoms with van der Waals surface area (Å²) >= 11 is 6.38. The van der Waals surface area contributed by atoms with Crippen LogP contribution < -0.4 is 4.90 Å². The Morgan fingerprint density at radius 1 is 0.818 bits per heavy atom. The summed E-state index contributed by atoms with van der Waals surface area (Å²) in [5, 5.41) is 11.5. The van der Waals surface area contributed by atoms with Crippen LogP contribution in [0.25, 0.3) is 0 Å². The van der Waals surface area contributed by atoms with Crippen LogP contribution in [0.1, 0.15) is 36.1 Å². The highest BCUT2D eigenvalue weighted by Crippen LogP contribution is 2.66. The maximum absolute atomic E-state index is 14.0. The number of hydrogen-bond acceptors (Lipinski definition) is 4. The van der Waals surface area contributed by atoms with Crippen LogP contribution in [0, 0.1) is 22.0 Å². The Bertz CT molecular complexity index is 1290. The quantitative estimate of drug-likeness (QED) is 0.307. The molecule has 3 aromatic rings. The molecule has 0 saturated carbocycles. The van der Waals surface area contributed by atoms with Crippen LogP contribution in [0.4, 0.5) is 11.4 Å². The number of imide groups is 1. The third kappa shape index (κ3) is 2.19. The Morgan fingerprint density at radius 3 is 1.64 bits per heavy atom. The lowest BCUT2D eigenvalue weighted by molar-refractivity contribution is -0.384. The van der Waals surface area contributed by atoms with Gasteiger partial charge in [-0.15, -0.1) is 0 Å². The normalized spacial score (nSPS) is 29.0. The number of nitro groups is 1. The number of nitro benzene ring substituents is 1. The molecule has 1 heterocycles. The number of amides is 2. The number of anilines is 1. The first kappa shape index (κ1) is 20.1. The number of nitrogens with zero attached hydrogens (tertiary/aromatic N) is 2. The van der Waals surface area contributed by atoms with Crippen molar-refractivity contribution in [1.82, 2.24) is 0 Å². The highest BCUT2D eigenvalue weighted by molar-refractivity contribution is 6.36. The summed E-state index contributed by atoms with van der Waals surface area (Å²) in [6, 6.07) is 19.8. The average Bonchev–Trinajstić information content (AvgIpc) is 3.09. The summed E-state index contributed by atoms with van der Waals surface area (Å²) in [5.41, 5.74) is 2.57. The molecule has 2 atom stereocenters. The number of carbonyl (C=O) groups excluding carboxylic acids is 2. The van der Waals surface area contributed by atoms with Crippen molar-refractivity contribution < 1.29 is 14.5 Å². The van der Waals surface area contributed by atoms with E-state index in [2.05, 4.69) is 0 Å². The molecule has 0 spiro atoms. The molecule has 33 heavy (non-hydrogen) atoms. The fourth-order valence-corrected chi connectivity index (χ4v) is 6.80. The Balaban J connectivity index is 1.64. The topological polar surface area (TPSA) is 80.5 Å². The molecule has 3 aliphatic carbocycles. The molecule has 1 fully saturated rings. The summed E-state index contributed by atoms with van der Waals surface area (Å²) in [4.78, 5) is 39.9. The lowest BCUT2D eigenvalue weighted by Crippen LogP contribution is -2.59. The fraction of sp³-hybridized carbons (Fsp3) is 0.231. The second kappa shape index (κ2) is 6.29. The highest BCUT2D eigenvalue weighted by atomic mass is 35.5. The van der Waals surface area contributed by atoms with Crippen LogP contribution in [-0.4, -0.2) is 16.7 Å². The molecule has 4 aliphatic rings. The van der Waals surface area contributed by atoms with Crippen LogP contribution in [0.2, 0.25) is 5.02 Å². The summed E-state index contributed by atoms with van der Waals surface area (Å²) in [6.07, 6.45) is 0. The number of rotatable bonds is 2. The third-order valence-corrected chi connectivity index (χ3v) is 8.34. The number of carbonyl (C=O) groups is 2. The monoisotopic (exact) mass is 458 g/mol. The third-order valence-electron chi connectivity index (χ3n) is 8.02. The van der Waals surface area contributed by atoms with Gasteiger partial charge in [0.05, 0.1) is 27.5 Å². The molecule has 0 unspecified atom stereocenters. The molecule has 1 aliphatic heterocycles. The van der Waals surface area contributed by atoms with Crippen molar-refractivity contribution >= 4 is 34.8 Å². The minimum absolute atomic E-state index is 0.0648. The molecule has 2 bridgehead atoms. The Morgan fingerprint density at radius 2 is 1.24 bits per heavy atom. The van der Waals surface area contributed by atoms with Crippen molar-refractivity contribution in [3.8, 4) is 0 Å². The van der Waals surface area contributed by atoms with E-state index in [-0.39, 0.29) is 28.2 Å². The van der Waals surface area contributed by atoms with Gasteiger partial charge in [0.2, 0.25) is 11.8 Å². The van der Waals surface area contributed by atoms with E-state index in [1.54, 1.807) is 0 Å². The van der Waals surface area contributed by atoms with Gasteiger partial charge in [0, 0.05) is 23.0 Å². The van der Waals surface area contributed by atoms with Crippen LogP contribution in [-0.2, 0) is 20.4 Å². The van der Waals surface area contributed by atoms with E-state index >= 15 is 0 Å². The second-order valence-electron chi connectivity index (χ2n) is 9.36. The first-order valence-electron chi connectivity index (χ1n) is 10.7.